The molecule has 0 spiro atoms. The molecule has 1 aliphatic rings. The molecule has 120 valence electrons. The molecular weight excluding hydrogens is 280 g/mol. The molecule has 21 heavy (non-hydrogen) atoms. The standard InChI is InChI=1S/C17H30N2OS/c1-16(2,3)13-12(10-18-11-8-9-11)21-15(19-13)14(20-7)17(4,5)6/h11,14,18H,8-10H2,1-7H3. The lowest BCUT2D eigenvalue weighted by Gasteiger charge is -2.27. The molecule has 0 aromatic carbocycles. The summed E-state index contributed by atoms with van der Waals surface area (Å²) in [6.45, 7) is 14.3. The van der Waals surface area contributed by atoms with E-state index in [9.17, 15) is 0 Å². The summed E-state index contributed by atoms with van der Waals surface area (Å²) in [4.78, 5) is 6.34. The number of nitrogens with one attached hydrogen (secondary N) is 1. The SMILES string of the molecule is COC(c1nc(C(C)(C)C)c(CNC2CC2)s1)C(C)(C)C. The summed E-state index contributed by atoms with van der Waals surface area (Å²) in [7, 11) is 1.79. The first kappa shape index (κ1) is 16.9. The van der Waals surface area contributed by atoms with E-state index in [1.54, 1.807) is 7.11 Å². The van der Waals surface area contributed by atoms with E-state index in [4.69, 9.17) is 9.72 Å². The van der Waals surface area contributed by atoms with Gasteiger partial charge >= 0.3 is 0 Å². The molecule has 1 saturated carbocycles. The van der Waals surface area contributed by atoms with Crippen LogP contribution < -0.4 is 5.32 Å². The van der Waals surface area contributed by atoms with Gasteiger partial charge in [0.15, 0.2) is 0 Å². The number of hydrogen-bond acceptors (Lipinski definition) is 4. The molecule has 3 nitrogen and oxygen atoms in total. The van der Waals surface area contributed by atoms with E-state index in [-0.39, 0.29) is 16.9 Å². The molecule has 1 heterocycles. The molecule has 1 fully saturated rings. The molecule has 2 rings (SSSR count). The minimum Gasteiger partial charge on any atom is -0.374 e. The Labute approximate surface area is 133 Å². The number of hydrogen-bond donors (Lipinski definition) is 1. The second-order valence-electron chi connectivity index (χ2n) is 8.21. The van der Waals surface area contributed by atoms with Crippen molar-refractivity contribution in [1.29, 1.82) is 0 Å². The van der Waals surface area contributed by atoms with Crippen LogP contribution in [0.15, 0.2) is 0 Å². The summed E-state index contributed by atoms with van der Waals surface area (Å²) in [6.07, 6.45) is 2.69. The van der Waals surface area contributed by atoms with E-state index in [1.165, 1.54) is 23.4 Å². The Morgan fingerprint density at radius 3 is 2.29 bits per heavy atom. The van der Waals surface area contributed by atoms with Crippen LogP contribution in [0.3, 0.4) is 0 Å². The molecule has 0 amide bonds. The second-order valence-corrected chi connectivity index (χ2v) is 9.33. The normalized spacial score (nSPS) is 18.0. The van der Waals surface area contributed by atoms with Crippen LogP contribution in [0, 0.1) is 5.41 Å². The van der Waals surface area contributed by atoms with E-state index < -0.39 is 0 Å². The van der Waals surface area contributed by atoms with Crippen molar-refractivity contribution in [3.63, 3.8) is 0 Å². The van der Waals surface area contributed by atoms with Gasteiger partial charge in [-0.1, -0.05) is 41.5 Å². The Balaban J connectivity index is 2.29. The van der Waals surface area contributed by atoms with Gasteiger partial charge in [-0.15, -0.1) is 11.3 Å². The Bertz CT molecular complexity index is 478. The molecule has 0 bridgehead atoms. The van der Waals surface area contributed by atoms with Crippen LogP contribution >= 0.6 is 11.3 Å². The molecular formula is C17H30N2OS. The molecule has 1 aromatic heterocycles. The Hall–Kier alpha value is -0.450. The first-order valence-electron chi connectivity index (χ1n) is 7.89. The highest BCUT2D eigenvalue weighted by molar-refractivity contribution is 7.11. The van der Waals surface area contributed by atoms with Crippen molar-refractivity contribution in [2.24, 2.45) is 5.41 Å². The highest BCUT2D eigenvalue weighted by Gasteiger charge is 2.32. The fourth-order valence-electron chi connectivity index (χ4n) is 2.54. The average molecular weight is 311 g/mol. The Morgan fingerprint density at radius 2 is 1.86 bits per heavy atom. The molecule has 4 heteroatoms. The van der Waals surface area contributed by atoms with Gasteiger partial charge in [0.1, 0.15) is 11.1 Å². The van der Waals surface area contributed by atoms with Crippen molar-refractivity contribution in [3.8, 4) is 0 Å². The van der Waals surface area contributed by atoms with Gasteiger partial charge in [0.05, 0.1) is 5.69 Å². The van der Waals surface area contributed by atoms with Crippen molar-refractivity contribution in [2.45, 2.75) is 78.5 Å². The third-order valence-electron chi connectivity index (χ3n) is 3.80. The number of rotatable bonds is 5. The van der Waals surface area contributed by atoms with Crippen LogP contribution in [0.5, 0.6) is 0 Å². The van der Waals surface area contributed by atoms with Crippen LogP contribution in [0.1, 0.15) is 76.1 Å². The number of nitrogens with zero attached hydrogens (tertiary/aromatic N) is 1. The van der Waals surface area contributed by atoms with Gasteiger partial charge in [-0.25, -0.2) is 4.98 Å². The Morgan fingerprint density at radius 1 is 1.24 bits per heavy atom. The number of ether oxygens (including phenoxy) is 1. The van der Waals surface area contributed by atoms with Crippen molar-refractivity contribution < 1.29 is 4.74 Å². The van der Waals surface area contributed by atoms with Crippen LogP contribution in [0.25, 0.3) is 0 Å². The zero-order valence-electron chi connectivity index (χ0n) is 14.5. The average Bonchev–Trinajstić information content (AvgIpc) is 3.05. The minimum absolute atomic E-state index is 0.0540. The van der Waals surface area contributed by atoms with Crippen molar-refractivity contribution in [2.75, 3.05) is 7.11 Å². The predicted octanol–water partition coefficient (Wildman–Crippen LogP) is 4.43. The van der Waals surface area contributed by atoms with Gasteiger partial charge < -0.3 is 10.1 Å². The highest BCUT2D eigenvalue weighted by Crippen LogP contribution is 2.40. The van der Waals surface area contributed by atoms with Gasteiger partial charge in [-0.2, -0.15) is 0 Å². The molecule has 1 unspecified atom stereocenters. The predicted molar refractivity (Wildman–Crippen MR) is 89.9 cm³/mol. The van der Waals surface area contributed by atoms with Crippen LogP contribution in [-0.4, -0.2) is 18.1 Å². The maximum Gasteiger partial charge on any atom is 0.123 e. The molecule has 0 saturated heterocycles. The van der Waals surface area contributed by atoms with Crippen LogP contribution in [0.2, 0.25) is 0 Å². The Kier molecular flexibility index (Phi) is 4.81. The fraction of sp³-hybridized carbons (Fsp3) is 0.824. The zero-order chi connectivity index (χ0) is 15.8. The third kappa shape index (κ3) is 4.27. The lowest BCUT2D eigenvalue weighted by molar-refractivity contribution is 0.0149. The summed E-state index contributed by atoms with van der Waals surface area (Å²) >= 11 is 1.82. The lowest BCUT2D eigenvalue weighted by atomic mass is 9.88. The molecule has 1 N–H and O–H groups in total. The number of thiazole rings is 1. The molecule has 0 radical (unpaired) electrons. The summed E-state index contributed by atoms with van der Waals surface area (Å²) in [5, 5.41) is 4.74. The van der Waals surface area contributed by atoms with Crippen molar-refractivity contribution in [1.82, 2.24) is 10.3 Å². The van der Waals surface area contributed by atoms with Gasteiger partial charge in [0.2, 0.25) is 0 Å². The summed E-state index contributed by atoms with van der Waals surface area (Å²) in [6, 6.07) is 0.726. The fourth-order valence-corrected chi connectivity index (χ4v) is 4.09. The smallest absolute Gasteiger partial charge is 0.123 e. The van der Waals surface area contributed by atoms with Gasteiger partial charge in [-0.05, 0) is 18.3 Å². The first-order valence-corrected chi connectivity index (χ1v) is 8.71. The van der Waals surface area contributed by atoms with Gasteiger partial charge in [-0.3, -0.25) is 0 Å². The van der Waals surface area contributed by atoms with Gasteiger partial charge in [0.25, 0.3) is 0 Å². The number of aromatic nitrogens is 1. The first-order chi connectivity index (χ1) is 9.63. The van der Waals surface area contributed by atoms with Crippen molar-refractivity contribution >= 4 is 11.3 Å². The summed E-state index contributed by atoms with van der Waals surface area (Å²) in [5.41, 5.74) is 1.36. The quantitative estimate of drug-likeness (QED) is 0.874. The lowest BCUT2D eigenvalue weighted by Crippen LogP contribution is -2.21. The van der Waals surface area contributed by atoms with Crippen LogP contribution in [0.4, 0.5) is 0 Å². The largest absolute Gasteiger partial charge is 0.374 e. The highest BCUT2D eigenvalue weighted by atomic mass is 32.1. The number of methoxy groups -OCH3 is 1. The molecule has 1 aromatic rings. The summed E-state index contributed by atoms with van der Waals surface area (Å²) < 4.78 is 5.75. The van der Waals surface area contributed by atoms with E-state index in [0.29, 0.717) is 0 Å². The van der Waals surface area contributed by atoms with Crippen LogP contribution in [-0.2, 0) is 16.7 Å². The van der Waals surface area contributed by atoms with E-state index in [1.807, 2.05) is 11.3 Å². The summed E-state index contributed by atoms with van der Waals surface area (Å²) in [5.74, 6) is 0. The maximum absolute atomic E-state index is 5.75. The van der Waals surface area contributed by atoms with Gasteiger partial charge in [0, 0.05) is 30.0 Å². The van der Waals surface area contributed by atoms with E-state index in [2.05, 4.69) is 46.9 Å². The second kappa shape index (κ2) is 5.98. The maximum atomic E-state index is 5.75. The molecule has 1 aliphatic carbocycles. The topological polar surface area (TPSA) is 34.1 Å². The third-order valence-corrected chi connectivity index (χ3v) is 4.90. The van der Waals surface area contributed by atoms with E-state index in [0.717, 1.165) is 17.6 Å². The minimum atomic E-state index is 0.0540. The van der Waals surface area contributed by atoms with Crippen molar-refractivity contribution in [3.05, 3.63) is 15.6 Å². The monoisotopic (exact) mass is 310 g/mol. The van der Waals surface area contributed by atoms with E-state index >= 15 is 0 Å². The molecule has 0 aliphatic heterocycles. The molecule has 1 atom stereocenters. The zero-order valence-corrected chi connectivity index (χ0v) is 15.4.